The Morgan fingerprint density at radius 2 is 2.00 bits per heavy atom. The first-order chi connectivity index (χ1) is 11.1. The normalized spacial score (nSPS) is 14.6. The van der Waals surface area contributed by atoms with Crippen LogP contribution in [0.25, 0.3) is 0 Å². The summed E-state index contributed by atoms with van der Waals surface area (Å²) in [6.45, 7) is 2.74. The van der Waals surface area contributed by atoms with Crippen molar-refractivity contribution in [3.8, 4) is 0 Å². The predicted octanol–water partition coefficient (Wildman–Crippen LogP) is 2.36. The average Bonchev–Trinajstić information content (AvgIpc) is 2.58. The van der Waals surface area contributed by atoms with E-state index < -0.39 is 11.7 Å². The molecular formula is C15H14ClFN4O2. The molecule has 1 aliphatic heterocycles. The van der Waals surface area contributed by atoms with Crippen molar-refractivity contribution in [3.63, 3.8) is 0 Å². The Kier molecular flexibility index (Phi) is 4.68. The van der Waals surface area contributed by atoms with Crippen LogP contribution in [-0.4, -0.2) is 42.4 Å². The number of hydrogen-bond donors (Lipinski definition) is 1. The van der Waals surface area contributed by atoms with Crippen LogP contribution in [0, 0.1) is 5.82 Å². The lowest BCUT2D eigenvalue weighted by molar-refractivity contribution is 0.102. The number of aromatic nitrogens is 2. The van der Waals surface area contributed by atoms with Gasteiger partial charge in [-0.1, -0.05) is 11.6 Å². The van der Waals surface area contributed by atoms with Crippen molar-refractivity contribution in [2.24, 2.45) is 0 Å². The summed E-state index contributed by atoms with van der Waals surface area (Å²) >= 11 is 5.67. The maximum absolute atomic E-state index is 13.7. The minimum Gasteiger partial charge on any atom is -0.378 e. The molecule has 120 valence electrons. The second-order valence-corrected chi connectivity index (χ2v) is 5.39. The van der Waals surface area contributed by atoms with Crippen LogP contribution >= 0.6 is 11.6 Å². The van der Waals surface area contributed by atoms with Gasteiger partial charge in [-0.15, -0.1) is 10.2 Å². The SMILES string of the molecule is O=C(Nc1ccc(Cl)cc1F)c1ccc(N2CCOCC2)nn1. The number of amides is 1. The molecule has 1 N–H and O–H groups in total. The highest BCUT2D eigenvalue weighted by Gasteiger charge is 2.15. The van der Waals surface area contributed by atoms with E-state index in [2.05, 4.69) is 15.5 Å². The summed E-state index contributed by atoms with van der Waals surface area (Å²) in [4.78, 5) is 14.1. The summed E-state index contributed by atoms with van der Waals surface area (Å²) in [6.07, 6.45) is 0. The topological polar surface area (TPSA) is 67.4 Å². The third-order valence-corrected chi connectivity index (χ3v) is 3.63. The minimum absolute atomic E-state index is 0.0402. The summed E-state index contributed by atoms with van der Waals surface area (Å²) in [5.41, 5.74) is 0.148. The second kappa shape index (κ2) is 6.89. The lowest BCUT2D eigenvalue weighted by atomic mass is 10.3. The van der Waals surface area contributed by atoms with E-state index in [0.29, 0.717) is 19.0 Å². The maximum atomic E-state index is 13.7. The van der Waals surface area contributed by atoms with Gasteiger partial charge in [-0.2, -0.15) is 0 Å². The molecule has 3 rings (SSSR count). The third kappa shape index (κ3) is 3.75. The van der Waals surface area contributed by atoms with Crippen LogP contribution in [0.1, 0.15) is 10.5 Å². The Morgan fingerprint density at radius 1 is 1.22 bits per heavy atom. The van der Waals surface area contributed by atoms with Gasteiger partial charge in [0.15, 0.2) is 11.5 Å². The number of carbonyl (C=O) groups is 1. The van der Waals surface area contributed by atoms with Crippen molar-refractivity contribution in [3.05, 3.63) is 46.9 Å². The highest BCUT2D eigenvalue weighted by molar-refractivity contribution is 6.30. The minimum atomic E-state index is -0.608. The Labute approximate surface area is 137 Å². The van der Waals surface area contributed by atoms with Gasteiger partial charge in [0.1, 0.15) is 5.82 Å². The van der Waals surface area contributed by atoms with Gasteiger partial charge in [0.25, 0.3) is 5.91 Å². The molecule has 23 heavy (non-hydrogen) atoms. The van der Waals surface area contributed by atoms with Gasteiger partial charge in [-0.3, -0.25) is 4.79 Å². The van der Waals surface area contributed by atoms with Gasteiger partial charge in [0.05, 0.1) is 18.9 Å². The van der Waals surface area contributed by atoms with Crippen LogP contribution in [0.4, 0.5) is 15.9 Å². The van der Waals surface area contributed by atoms with Crippen LogP contribution < -0.4 is 10.2 Å². The molecule has 0 atom stereocenters. The number of benzene rings is 1. The molecule has 0 unspecified atom stereocenters. The van der Waals surface area contributed by atoms with E-state index in [1.165, 1.54) is 12.1 Å². The largest absolute Gasteiger partial charge is 0.378 e. The number of nitrogens with one attached hydrogen (secondary N) is 1. The van der Waals surface area contributed by atoms with E-state index in [1.807, 2.05) is 4.90 Å². The van der Waals surface area contributed by atoms with Gasteiger partial charge in [0.2, 0.25) is 0 Å². The summed E-state index contributed by atoms with van der Waals surface area (Å²) in [5.74, 6) is -0.460. The van der Waals surface area contributed by atoms with Crippen LogP contribution in [0.2, 0.25) is 5.02 Å². The number of nitrogens with zero attached hydrogens (tertiary/aromatic N) is 3. The van der Waals surface area contributed by atoms with Crippen molar-refractivity contribution < 1.29 is 13.9 Å². The van der Waals surface area contributed by atoms with E-state index in [1.54, 1.807) is 12.1 Å². The number of rotatable bonds is 3. The maximum Gasteiger partial charge on any atom is 0.276 e. The Balaban J connectivity index is 1.69. The Morgan fingerprint density at radius 3 is 2.65 bits per heavy atom. The van der Waals surface area contributed by atoms with Gasteiger partial charge < -0.3 is 15.0 Å². The van der Waals surface area contributed by atoms with E-state index in [4.69, 9.17) is 16.3 Å². The smallest absolute Gasteiger partial charge is 0.276 e. The van der Waals surface area contributed by atoms with Gasteiger partial charge in [-0.05, 0) is 30.3 Å². The molecule has 0 aliphatic carbocycles. The fraction of sp³-hybridized carbons (Fsp3) is 0.267. The van der Waals surface area contributed by atoms with E-state index in [-0.39, 0.29) is 16.4 Å². The zero-order chi connectivity index (χ0) is 16.2. The number of morpholine rings is 1. The molecule has 8 heteroatoms. The number of halogens is 2. The molecule has 0 spiro atoms. The standard InChI is InChI=1S/C15H14ClFN4O2/c16-10-1-2-12(11(17)9-10)18-15(22)13-3-4-14(20-19-13)21-5-7-23-8-6-21/h1-4,9H,5-8H2,(H,18,22). The van der Waals surface area contributed by atoms with Crippen LogP contribution in [0.3, 0.4) is 0 Å². The first kappa shape index (κ1) is 15.6. The van der Waals surface area contributed by atoms with Crippen molar-refractivity contribution >= 4 is 29.0 Å². The van der Waals surface area contributed by atoms with Crippen molar-refractivity contribution in [1.82, 2.24) is 10.2 Å². The van der Waals surface area contributed by atoms with Gasteiger partial charge in [-0.25, -0.2) is 4.39 Å². The predicted molar refractivity (Wildman–Crippen MR) is 84.4 cm³/mol. The van der Waals surface area contributed by atoms with Crippen LogP contribution in [0.15, 0.2) is 30.3 Å². The van der Waals surface area contributed by atoms with Crippen molar-refractivity contribution in [2.75, 3.05) is 36.5 Å². The molecule has 1 amide bonds. The number of anilines is 2. The van der Waals surface area contributed by atoms with E-state index in [0.717, 1.165) is 19.2 Å². The third-order valence-electron chi connectivity index (χ3n) is 3.40. The molecule has 2 heterocycles. The fourth-order valence-electron chi connectivity index (χ4n) is 2.18. The van der Waals surface area contributed by atoms with E-state index in [9.17, 15) is 9.18 Å². The molecule has 1 aromatic heterocycles. The van der Waals surface area contributed by atoms with Crippen LogP contribution in [0.5, 0.6) is 0 Å². The quantitative estimate of drug-likeness (QED) is 0.932. The Hall–Kier alpha value is -2.25. The molecular weight excluding hydrogens is 323 g/mol. The average molecular weight is 337 g/mol. The summed E-state index contributed by atoms with van der Waals surface area (Å²) in [5, 5.41) is 10.7. The molecule has 1 aromatic carbocycles. The summed E-state index contributed by atoms with van der Waals surface area (Å²) in [7, 11) is 0. The lowest BCUT2D eigenvalue weighted by Gasteiger charge is -2.27. The van der Waals surface area contributed by atoms with Crippen molar-refractivity contribution in [1.29, 1.82) is 0 Å². The van der Waals surface area contributed by atoms with Crippen molar-refractivity contribution in [2.45, 2.75) is 0 Å². The highest BCUT2D eigenvalue weighted by atomic mass is 35.5. The summed E-state index contributed by atoms with van der Waals surface area (Å²) in [6, 6.07) is 7.29. The second-order valence-electron chi connectivity index (χ2n) is 4.95. The molecule has 6 nitrogen and oxygen atoms in total. The number of hydrogen-bond acceptors (Lipinski definition) is 5. The first-order valence-electron chi connectivity index (χ1n) is 7.06. The van der Waals surface area contributed by atoms with Gasteiger partial charge >= 0.3 is 0 Å². The zero-order valence-electron chi connectivity index (χ0n) is 12.1. The van der Waals surface area contributed by atoms with E-state index >= 15 is 0 Å². The molecule has 0 bridgehead atoms. The molecule has 1 aliphatic rings. The molecule has 1 fully saturated rings. The highest BCUT2D eigenvalue weighted by Crippen LogP contribution is 2.19. The monoisotopic (exact) mass is 336 g/mol. The van der Waals surface area contributed by atoms with Gasteiger partial charge in [0, 0.05) is 18.1 Å². The fourth-order valence-corrected chi connectivity index (χ4v) is 2.34. The molecule has 0 radical (unpaired) electrons. The zero-order valence-corrected chi connectivity index (χ0v) is 12.9. The molecule has 0 saturated carbocycles. The Bertz CT molecular complexity index is 705. The molecule has 1 saturated heterocycles. The lowest BCUT2D eigenvalue weighted by Crippen LogP contribution is -2.37. The molecule has 2 aromatic rings. The van der Waals surface area contributed by atoms with Crippen LogP contribution in [-0.2, 0) is 4.74 Å². The number of ether oxygens (including phenoxy) is 1. The first-order valence-corrected chi connectivity index (χ1v) is 7.44. The summed E-state index contributed by atoms with van der Waals surface area (Å²) < 4.78 is 19.0. The number of carbonyl (C=O) groups excluding carboxylic acids is 1.